The van der Waals surface area contributed by atoms with Crippen molar-refractivity contribution in [1.82, 2.24) is 4.57 Å². The van der Waals surface area contributed by atoms with Gasteiger partial charge in [0.05, 0.1) is 12.1 Å². The van der Waals surface area contributed by atoms with E-state index >= 15 is 0 Å². The zero-order valence-corrected chi connectivity index (χ0v) is 24.1. The molecule has 0 fully saturated rings. The summed E-state index contributed by atoms with van der Waals surface area (Å²) < 4.78 is 4.66. The van der Waals surface area contributed by atoms with E-state index in [2.05, 4.69) is 189 Å². The molecule has 0 saturated carbocycles. The van der Waals surface area contributed by atoms with Gasteiger partial charge < -0.3 is 0 Å². The molecule has 0 aliphatic carbocycles. The molecule has 200 valence electrons. The van der Waals surface area contributed by atoms with Crippen LogP contribution in [0, 0.1) is 0 Å². The number of rotatable bonds is 6. The summed E-state index contributed by atoms with van der Waals surface area (Å²) >= 11 is 0. The third-order valence-electron chi connectivity index (χ3n) is 8.00. The van der Waals surface area contributed by atoms with E-state index in [0.717, 1.165) is 0 Å². The molecule has 3 heteroatoms. The lowest BCUT2D eigenvalue weighted by molar-refractivity contribution is -0.692. The second-order valence-electron chi connectivity index (χ2n) is 11.1. The summed E-state index contributed by atoms with van der Waals surface area (Å²) in [7, 11) is 0. The molecule has 0 aliphatic rings. The second kappa shape index (κ2) is 12.2. The summed E-state index contributed by atoms with van der Waals surface area (Å²) in [5.41, 5.74) is 8.00. The van der Waals surface area contributed by atoms with E-state index in [1.807, 2.05) is 0 Å². The molecular formula is C37H39BN2. The highest BCUT2D eigenvalue weighted by Crippen LogP contribution is 2.17. The van der Waals surface area contributed by atoms with Crippen molar-refractivity contribution in [2.45, 2.75) is 39.8 Å². The highest BCUT2D eigenvalue weighted by atomic mass is 15.2. The van der Waals surface area contributed by atoms with E-state index in [1.165, 1.54) is 32.9 Å². The molecule has 0 bridgehead atoms. The Morgan fingerprint density at radius 3 is 1.18 bits per heavy atom. The number of nitrogens with zero attached hydrogens (tertiary/aromatic N) is 2. The minimum atomic E-state index is -1.22. The van der Waals surface area contributed by atoms with Gasteiger partial charge in [0.25, 0.3) is 0 Å². The fourth-order valence-corrected chi connectivity index (χ4v) is 6.10. The molecule has 0 unspecified atom stereocenters. The fraction of sp³-hybridized carbons (Fsp3) is 0.162. The van der Waals surface area contributed by atoms with Crippen LogP contribution in [0.25, 0.3) is 11.0 Å². The van der Waals surface area contributed by atoms with Crippen LogP contribution in [0.3, 0.4) is 0 Å². The zero-order valence-electron chi connectivity index (χ0n) is 24.1. The van der Waals surface area contributed by atoms with E-state index < -0.39 is 6.15 Å². The molecular weight excluding hydrogens is 483 g/mol. The van der Waals surface area contributed by atoms with Gasteiger partial charge in [-0.25, -0.2) is 9.13 Å². The minimum Gasteiger partial charge on any atom is -0.228 e. The number of aromatic nitrogens is 2. The van der Waals surface area contributed by atoms with Crippen LogP contribution in [0.4, 0.5) is 0 Å². The molecule has 6 aromatic rings. The number of hydrogen-bond acceptors (Lipinski definition) is 0. The van der Waals surface area contributed by atoms with Gasteiger partial charge in [-0.2, -0.15) is 21.9 Å². The number of benzene rings is 5. The van der Waals surface area contributed by atoms with Crippen LogP contribution in [0.5, 0.6) is 0 Å². The Hall–Kier alpha value is -4.37. The Bertz CT molecular complexity index is 1420. The van der Waals surface area contributed by atoms with E-state index in [0.29, 0.717) is 12.1 Å². The van der Waals surface area contributed by atoms with E-state index in [1.54, 1.807) is 0 Å². The molecule has 2 nitrogen and oxygen atoms in total. The average Bonchev–Trinajstić information content (AvgIpc) is 3.41. The predicted molar refractivity (Wildman–Crippen MR) is 173 cm³/mol. The Morgan fingerprint density at radius 2 is 0.825 bits per heavy atom. The lowest BCUT2D eigenvalue weighted by atomic mass is 9.13. The van der Waals surface area contributed by atoms with Crippen LogP contribution >= 0.6 is 0 Å². The predicted octanol–water partition coefficient (Wildman–Crippen LogP) is 6.15. The lowest BCUT2D eigenvalue weighted by Crippen LogP contribution is -2.74. The maximum Gasteiger partial charge on any atom is 0.245 e. The van der Waals surface area contributed by atoms with Crippen molar-refractivity contribution in [2.75, 3.05) is 0 Å². The molecule has 0 saturated heterocycles. The Balaban J connectivity index is 0.000000184. The average molecular weight is 523 g/mol. The van der Waals surface area contributed by atoms with E-state index in [9.17, 15) is 0 Å². The monoisotopic (exact) mass is 522 g/mol. The number of imidazole rings is 1. The van der Waals surface area contributed by atoms with Gasteiger partial charge in [0.1, 0.15) is 6.15 Å². The highest BCUT2D eigenvalue weighted by Gasteiger charge is 2.31. The molecule has 0 aliphatic heterocycles. The van der Waals surface area contributed by atoms with Crippen LogP contribution in [0.15, 0.2) is 152 Å². The van der Waals surface area contributed by atoms with Crippen molar-refractivity contribution in [3.8, 4) is 0 Å². The van der Waals surface area contributed by atoms with Gasteiger partial charge in [0.2, 0.25) is 6.33 Å². The second-order valence-corrected chi connectivity index (χ2v) is 11.1. The molecule has 0 N–H and O–H groups in total. The van der Waals surface area contributed by atoms with Crippen molar-refractivity contribution < 1.29 is 4.57 Å². The molecule has 1 aromatic heterocycles. The van der Waals surface area contributed by atoms with Gasteiger partial charge in [0.15, 0.2) is 11.0 Å². The Kier molecular flexibility index (Phi) is 8.31. The molecule has 1 heterocycles. The standard InChI is InChI=1S/C24H20B.C13H19N2/c1-5-13-21(14-6-1)25(22-15-7-2-8-16-22,23-17-9-3-10-18-23)24-19-11-4-12-20-24;1-10(2)14-9-15(11(3)4)13-8-6-5-7-12(13)14/h1-20H;5-11H,1-4H3/q-1;+1. The van der Waals surface area contributed by atoms with E-state index in [-0.39, 0.29) is 0 Å². The lowest BCUT2D eigenvalue weighted by Gasteiger charge is -2.44. The number of fused-ring (bicyclic) bond motifs is 1. The van der Waals surface area contributed by atoms with Gasteiger partial charge in [-0.1, -0.05) is 133 Å². The molecule has 0 atom stereocenters. The first kappa shape index (κ1) is 27.2. The van der Waals surface area contributed by atoms with Crippen LogP contribution < -0.4 is 26.4 Å². The van der Waals surface area contributed by atoms with E-state index in [4.69, 9.17) is 0 Å². The third-order valence-corrected chi connectivity index (χ3v) is 8.00. The summed E-state index contributed by atoms with van der Waals surface area (Å²) in [6.07, 6.45) is 1.01. The molecule has 0 radical (unpaired) electrons. The molecule has 6 rings (SSSR count). The van der Waals surface area contributed by atoms with Gasteiger partial charge in [-0.15, -0.1) is 0 Å². The minimum absolute atomic E-state index is 0.509. The highest BCUT2D eigenvalue weighted by molar-refractivity contribution is 7.19. The van der Waals surface area contributed by atoms with Crippen LogP contribution in [-0.2, 0) is 0 Å². The summed E-state index contributed by atoms with van der Waals surface area (Å²) in [6.45, 7) is 8.88. The SMILES string of the molecule is CC(C)n1c[n+](C(C)C)c2ccccc21.c1ccc([B-](c2ccccc2)(c2ccccc2)c2ccccc2)cc1. The topological polar surface area (TPSA) is 8.81 Å². The van der Waals surface area contributed by atoms with Crippen LogP contribution in [0.2, 0.25) is 0 Å². The summed E-state index contributed by atoms with van der Waals surface area (Å²) in [5, 5.41) is 0. The first-order chi connectivity index (χ1) is 19.5. The first-order valence-electron chi connectivity index (χ1n) is 14.4. The number of para-hydroxylation sites is 2. The molecule has 5 aromatic carbocycles. The Morgan fingerprint density at radius 1 is 0.475 bits per heavy atom. The summed E-state index contributed by atoms with van der Waals surface area (Å²) in [5.74, 6) is 0. The smallest absolute Gasteiger partial charge is 0.228 e. The van der Waals surface area contributed by atoms with Crippen molar-refractivity contribution in [1.29, 1.82) is 0 Å². The van der Waals surface area contributed by atoms with Crippen molar-refractivity contribution in [3.05, 3.63) is 152 Å². The molecule has 0 spiro atoms. The Labute approximate surface area is 239 Å². The summed E-state index contributed by atoms with van der Waals surface area (Å²) in [4.78, 5) is 0. The van der Waals surface area contributed by atoms with Crippen LogP contribution in [0.1, 0.15) is 39.8 Å². The molecule has 40 heavy (non-hydrogen) atoms. The van der Waals surface area contributed by atoms with Gasteiger partial charge in [-0.3, -0.25) is 0 Å². The van der Waals surface area contributed by atoms with Gasteiger partial charge >= 0.3 is 0 Å². The van der Waals surface area contributed by atoms with Crippen molar-refractivity contribution >= 4 is 39.0 Å². The van der Waals surface area contributed by atoms with Crippen LogP contribution in [-0.4, -0.2) is 10.7 Å². The third kappa shape index (κ3) is 5.25. The maximum atomic E-state index is 2.33. The fourth-order valence-electron chi connectivity index (χ4n) is 6.10. The summed E-state index contributed by atoms with van der Waals surface area (Å²) in [6, 6.07) is 53.1. The van der Waals surface area contributed by atoms with Crippen molar-refractivity contribution in [3.63, 3.8) is 0 Å². The first-order valence-corrected chi connectivity index (χ1v) is 14.4. The van der Waals surface area contributed by atoms with Crippen molar-refractivity contribution in [2.24, 2.45) is 0 Å². The van der Waals surface area contributed by atoms with Gasteiger partial charge in [-0.05, 0) is 39.8 Å². The zero-order chi connectivity index (χ0) is 28.0. The maximum absolute atomic E-state index is 2.33. The van der Waals surface area contributed by atoms with Gasteiger partial charge in [0, 0.05) is 0 Å². The normalized spacial score (nSPS) is 11.4. The number of hydrogen-bond donors (Lipinski definition) is 0. The quantitative estimate of drug-likeness (QED) is 0.183. The molecule has 0 amide bonds. The largest absolute Gasteiger partial charge is 0.245 e.